The molecule has 0 saturated carbocycles. The van der Waals surface area contributed by atoms with Crippen LogP contribution in [0.2, 0.25) is 0 Å². The molecule has 204 valence electrons. The highest BCUT2D eigenvalue weighted by Gasteiger charge is 2.02. The molecule has 0 saturated heterocycles. The van der Waals surface area contributed by atoms with Gasteiger partial charge in [0.05, 0.1) is 13.2 Å². The molecular formula is C31H62O3. The molecule has 0 aromatic heterocycles. The monoisotopic (exact) mass is 482 g/mol. The van der Waals surface area contributed by atoms with Gasteiger partial charge in [0.25, 0.3) is 0 Å². The van der Waals surface area contributed by atoms with Crippen LogP contribution in [0, 0.1) is 0 Å². The lowest BCUT2D eigenvalue weighted by Gasteiger charge is -2.06. The second-order valence-corrected chi connectivity index (χ2v) is 10.4. The molecule has 0 rings (SSSR count). The van der Waals surface area contributed by atoms with Crippen LogP contribution >= 0.6 is 0 Å². The second-order valence-electron chi connectivity index (χ2n) is 10.4. The van der Waals surface area contributed by atoms with Crippen LogP contribution in [0.5, 0.6) is 0 Å². The fourth-order valence-electron chi connectivity index (χ4n) is 4.59. The van der Waals surface area contributed by atoms with Crippen molar-refractivity contribution in [2.75, 3.05) is 13.2 Å². The summed E-state index contributed by atoms with van der Waals surface area (Å²) in [5.41, 5.74) is 0. The number of hydrogen-bond donors (Lipinski definition) is 0. The lowest BCUT2D eigenvalue weighted by Crippen LogP contribution is -2.09. The van der Waals surface area contributed by atoms with Gasteiger partial charge in [-0.15, -0.1) is 0 Å². The molecule has 0 atom stereocenters. The van der Waals surface area contributed by atoms with Gasteiger partial charge in [0, 0.05) is 0 Å². The average Bonchev–Trinajstić information content (AvgIpc) is 2.84. The zero-order valence-corrected chi connectivity index (χ0v) is 23.5. The number of unbranched alkanes of at least 4 members (excludes halogenated alkanes) is 24. The highest BCUT2D eigenvalue weighted by Crippen LogP contribution is 2.15. The molecule has 0 aromatic carbocycles. The van der Waals surface area contributed by atoms with Gasteiger partial charge in [-0.05, 0) is 12.8 Å². The normalized spacial score (nSPS) is 11.1. The summed E-state index contributed by atoms with van der Waals surface area (Å²) in [5, 5.41) is 0. The number of hydrogen-bond acceptors (Lipinski definition) is 3. The summed E-state index contributed by atoms with van der Waals surface area (Å²) in [6.07, 6.45) is 34.7. The summed E-state index contributed by atoms with van der Waals surface area (Å²) in [4.78, 5) is 11.4. The minimum atomic E-state index is -0.491. The lowest BCUT2D eigenvalue weighted by atomic mass is 10.0. The SMILES string of the molecule is CCCCCCCCCCCCCCCCCCCCCCCCCOC(=O)OCCCCC. The van der Waals surface area contributed by atoms with Gasteiger partial charge in [-0.25, -0.2) is 4.79 Å². The predicted octanol–water partition coefficient (Wildman–Crippen LogP) is 11.3. The largest absolute Gasteiger partial charge is 0.508 e. The Balaban J connectivity index is 3.07. The number of rotatable bonds is 28. The van der Waals surface area contributed by atoms with E-state index in [4.69, 9.17) is 9.47 Å². The smallest absolute Gasteiger partial charge is 0.434 e. The molecule has 0 aliphatic rings. The fraction of sp³-hybridized carbons (Fsp3) is 0.968. The van der Waals surface area contributed by atoms with E-state index in [-0.39, 0.29) is 0 Å². The van der Waals surface area contributed by atoms with E-state index in [9.17, 15) is 4.79 Å². The van der Waals surface area contributed by atoms with Crippen molar-refractivity contribution in [1.82, 2.24) is 0 Å². The molecule has 0 aliphatic heterocycles. The molecule has 0 aliphatic carbocycles. The van der Waals surface area contributed by atoms with Crippen molar-refractivity contribution in [3.8, 4) is 0 Å². The molecule has 3 heteroatoms. The quantitative estimate of drug-likeness (QED) is 0.0821. The first-order valence-electron chi connectivity index (χ1n) is 15.6. The van der Waals surface area contributed by atoms with Crippen LogP contribution in [-0.4, -0.2) is 19.4 Å². The van der Waals surface area contributed by atoms with E-state index in [1.54, 1.807) is 0 Å². The zero-order valence-electron chi connectivity index (χ0n) is 23.5. The van der Waals surface area contributed by atoms with Crippen LogP contribution in [0.15, 0.2) is 0 Å². The Hall–Kier alpha value is -0.730. The Morgan fingerprint density at radius 1 is 0.353 bits per heavy atom. The molecular weight excluding hydrogens is 420 g/mol. The van der Waals surface area contributed by atoms with E-state index < -0.39 is 6.16 Å². The van der Waals surface area contributed by atoms with E-state index in [2.05, 4.69) is 13.8 Å². The van der Waals surface area contributed by atoms with E-state index in [0.717, 1.165) is 32.1 Å². The molecule has 0 spiro atoms. The third-order valence-electron chi connectivity index (χ3n) is 6.94. The maximum absolute atomic E-state index is 11.4. The van der Waals surface area contributed by atoms with Crippen LogP contribution in [0.25, 0.3) is 0 Å². The van der Waals surface area contributed by atoms with Crippen LogP contribution in [0.1, 0.15) is 181 Å². The van der Waals surface area contributed by atoms with Crippen molar-refractivity contribution >= 4 is 6.16 Å². The summed E-state index contributed by atoms with van der Waals surface area (Å²) in [7, 11) is 0. The van der Waals surface area contributed by atoms with E-state index in [1.807, 2.05) is 0 Å². The summed E-state index contributed by atoms with van der Waals surface area (Å²) in [6, 6.07) is 0. The molecule has 0 N–H and O–H groups in total. The first kappa shape index (κ1) is 33.3. The highest BCUT2D eigenvalue weighted by molar-refractivity contribution is 5.59. The molecule has 0 amide bonds. The van der Waals surface area contributed by atoms with Crippen LogP contribution < -0.4 is 0 Å². The number of carbonyl (C=O) groups excluding carboxylic acids is 1. The summed E-state index contributed by atoms with van der Waals surface area (Å²) < 4.78 is 10.1. The third-order valence-corrected chi connectivity index (χ3v) is 6.94. The van der Waals surface area contributed by atoms with Gasteiger partial charge in [-0.1, -0.05) is 168 Å². The predicted molar refractivity (Wildman–Crippen MR) is 149 cm³/mol. The topological polar surface area (TPSA) is 35.5 Å². The molecule has 0 bridgehead atoms. The number of ether oxygens (including phenoxy) is 2. The van der Waals surface area contributed by atoms with Crippen molar-refractivity contribution in [2.24, 2.45) is 0 Å². The van der Waals surface area contributed by atoms with Gasteiger partial charge < -0.3 is 9.47 Å². The fourth-order valence-corrected chi connectivity index (χ4v) is 4.59. The summed E-state index contributed by atoms with van der Waals surface area (Å²) in [6.45, 7) is 5.43. The van der Waals surface area contributed by atoms with Gasteiger partial charge in [0.2, 0.25) is 0 Å². The van der Waals surface area contributed by atoms with Crippen LogP contribution in [0.3, 0.4) is 0 Å². The molecule has 0 aromatic rings. The van der Waals surface area contributed by atoms with Crippen molar-refractivity contribution < 1.29 is 14.3 Å². The Labute approximate surface area is 214 Å². The molecule has 0 radical (unpaired) electrons. The molecule has 0 unspecified atom stereocenters. The van der Waals surface area contributed by atoms with E-state index >= 15 is 0 Å². The lowest BCUT2D eigenvalue weighted by molar-refractivity contribution is 0.0529. The van der Waals surface area contributed by atoms with Crippen molar-refractivity contribution in [3.05, 3.63) is 0 Å². The molecule has 0 fully saturated rings. The third kappa shape index (κ3) is 29.3. The Bertz CT molecular complexity index is 383. The highest BCUT2D eigenvalue weighted by atomic mass is 16.7. The van der Waals surface area contributed by atoms with E-state index in [1.165, 1.54) is 135 Å². The average molecular weight is 483 g/mol. The maximum Gasteiger partial charge on any atom is 0.508 e. The van der Waals surface area contributed by atoms with Gasteiger partial charge >= 0.3 is 6.16 Å². The second kappa shape index (κ2) is 30.3. The van der Waals surface area contributed by atoms with Gasteiger partial charge in [0.1, 0.15) is 0 Å². The molecule has 3 nitrogen and oxygen atoms in total. The maximum atomic E-state index is 11.4. The Kier molecular flexibility index (Phi) is 29.7. The van der Waals surface area contributed by atoms with Gasteiger partial charge in [-0.3, -0.25) is 0 Å². The zero-order chi connectivity index (χ0) is 24.8. The van der Waals surface area contributed by atoms with Crippen molar-refractivity contribution in [1.29, 1.82) is 0 Å². The molecule has 34 heavy (non-hydrogen) atoms. The Morgan fingerprint density at radius 2 is 0.559 bits per heavy atom. The van der Waals surface area contributed by atoms with E-state index in [0.29, 0.717) is 13.2 Å². The summed E-state index contributed by atoms with van der Waals surface area (Å²) >= 11 is 0. The van der Waals surface area contributed by atoms with Crippen molar-refractivity contribution in [2.45, 2.75) is 181 Å². The van der Waals surface area contributed by atoms with Gasteiger partial charge in [0.15, 0.2) is 0 Å². The summed E-state index contributed by atoms with van der Waals surface area (Å²) in [5.74, 6) is 0. The first-order chi connectivity index (χ1) is 16.8. The first-order valence-corrected chi connectivity index (χ1v) is 15.6. The Morgan fingerprint density at radius 3 is 0.853 bits per heavy atom. The van der Waals surface area contributed by atoms with Crippen LogP contribution in [0.4, 0.5) is 4.79 Å². The minimum Gasteiger partial charge on any atom is -0.434 e. The standard InChI is InChI=1S/C31H62O3/c1-3-5-7-8-9-10-11-12-13-14-15-16-17-18-19-20-21-22-23-24-25-26-28-30-34-31(32)33-29-27-6-4-2/h3-30H2,1-2H3. The molecule has 0 heterocycles. The van der Waals surface area contributed by atoms with Crippen molar-refractivity contribution in [3.63, 3.8) is 0 Å². The number of carbonyl (C=O) groups is 1. The van der Waals surface area contributed by atoms with Crippen LogP contribution in [-0.2, 0) is 9.47 Å². The van der Waals surface area contributed by atoms with Gasteiger partial charge in [-0.2, -0.15) is 0 Å². The minimum absolute atomic E-state index is 0.491.